The Morgan fingerprint density at radius 3 is 1.15 bits per heavy atom. The van der Waals surface area contributed by atoms with Crippen molar-refractivity contribution in [1.82, 2.24) is 0 Å². The van der Waals surface area contributed by atoms with Crippen LogP contribution in [0.2, 0.25) is 0 Å². The number of benzene rings is 3. The smallest absolute Gasteiger partial charge is 0.0481 e. The molecule has 0 saturated carbocycles. The zero-order valence-electron chi connectivity index (χ0n) is 22.2. The summed E-state index contributed by atoms with van der Waals surface area (Å²) in [6.07, 6.45) is 0. The number of anilines is 4. The second-order valence-corrected chi connectivity index (χ2v) is 11.4. The maximum absolute atomic E-state index is 4.23. The van der Waals surface area contributed by atoms with Crippen LogP contribution in [0.4, 0.5) is 22.7 Å². The van der Waals surface area contributed by atoms with Crippen LogP contribution in [0.15, 0.2) is 73.8 Å². The Bertz CT molecular complexity index is 1090. The molecule has 3 rings (SSSR count). The van der Waals surface area contributed by atoms with Crippen molar-refractivity contribution in [3.8, 4) is 0 Å². The highest BCUT2D eigenvalue weighted by Gasteiger charge is 2.16. The third kappa shape index (κ3) is 5.99. The van der Waals surface area contributed by atoms with E-state index in [-0.39, 0.29) is 10.8 Å². The Hall–Kier alpha value is -3.26. The SMILES string of the molecule is C=C(C)c1cc(C(=C)C)c(Nc2ccc(C(C)(C)C)cc2)cc1Nc1ccc(C(C)(C)C)cc1. The maximum Gasteiger partial charge on any atom is 0.0481 e. The molecule has 0 unspecified atom stereocenters. The van der Waals surface area contributed by atoms with Crippen LogP contribution in [-0.4, -0.2) is 0 Å². The third-order valence-corrected chi connectivity index (χ3v) is 6.14. The molecule has 0 aliphatic rings. The zero-order chi connectivity index (χ0) is 25.3. The summed E-state index contributed by atoms with van der Waals surface area (Å²) in [5.74, 6) is 0. The summed E-state index contributed by atoms with van der Waals surface area (Å²) >= 11 is 0. The van der Waals surface area contributed by atoms with Crippen molar-refractivity contribution in [2.45, 2.75) is 66.2 Å². The van der Waals surface area contributed by atoms with Crippen molar-refractivity contribution >= 4 is 33.9 Å². The molecule has 0 bridgehead atoms. The summed E-state index contributed by atoms with van der Waals surface area (Å²) < 4.78 is 0. The van der Waals surface area contributed by atoms with Crippen LogP contribution in [0.5, 0.6) is 0 Å². The van der Waals surface area contributed by atoms with E-state index in [9.17, 15) is 0 Å². The normalized spacial score (nSPS) is 11.8. The number of hydrogen-bond acceptors (Lipinski definition) is 2. The van der Waals surface area contributed by atoms with E-state index in [4.69, 9.17) is 0 Å². The maximum atomic E-state index is 4.23. The molecule has 0 radical (unpaired) electrons. The first kappa shape index (κ1) is 25.4. The Balaban J connectivity index is 2.00. The predicted octanol–water partition coefficient (Wildman–Crippen LogP) is 9.83. The summed E-state index contributed by atoms with van der Waals surface area (Å²) in [7, 11) is 0. The third-order valence-electron chi connectivity index (χ3n) is 6.14. The largest absolute Gasteiger partial charge is 0.355 e. The molecular weight excluding hydrogens is 412 g/mol. The quantitative estimate of drug-likeness (QED) is 0.389. The summed E-state index contributed by atoms with van der Waals surface area (Å²) in [4.78, 5) is 0. The van der Waals surface area contributed by atoms with Gasteiger partial charge in [0.25, 0.3) is 0 Å². The van der Waals surface area contributed by atoms with Crippen molar-refractivity contribution in [1.29, 1.82) is 0 Å². The number of hydrogen-bond donors (Lipinski definition) is 2. The molecule has 0 amide bonds. The fraction of sp³-hybridized carbons (Fsp3) is 0.312. The lowest BCUT2D eigenvalue weighted by molar-refractivity contribution is 0.590. The lowest BCUT2D eigenvalue weighted by Crippen LogP contribution is -2.10. The first-order chi connectivity index (χ1) is 15.8. The van der Waals surface area contributed by atoms with E-state index in [1.807, 2.05) is 13.8 Å². The molecule has 0 fully saturated rings. The summed E-state index contributed by atoms with van der Waals surface area (Å²) in [6, 6.07) is 21.7. The monoisotopic (exact) mass is 452 g/mol. The van der Waals surface area contributed by atoms with E-state index in [1.54, 1.807) is 0 Å². The van der Waals surface area contributed by atoms with Crippen molar-refractivity contribution in [2.75, 3.05) is 10.6 Å². The van der Waals surface area contributed by atoms with Crippen LogP contribution in [0.1, 0.15) is 77.6 Å². The molecule has 2 nitrogen and oxygen atoms in total. The molecule has 0 saturated heterocycles. The molecule has 3 aromatic carbocycles. The minimum Gasteiger partial charge on any atom is -0.355 e. The molecule has 2 heteroatoms. The van der Waals surface area contributed by atoms with E-state index >= 15 is 0 Å². The molecule has 178 valence electrons. The lowest BCUT2D eigenvalue weighted by Gasteiger charge is -2.22. The molecule has 0 atom stereocenters. The highest BCUT2D eigenvalue weighted by Crippen LogP contribution is 2.37. The second-order valence-electron chi connectivity index (χ2n) is 11.4. The van der Waals surface area contributed by atoms with Crippen molar-refractivity contribution in [2.24, 2.45) is 0 Å². The average molecular weight is 453 g/mol. The lowest BCUT2D eigenvalue weighted by atomic mass is 9.87. The topological polar surface area (TPSA) is 24.1 Å². The number of allylic oxidation sites excluding steroid dienone is 2. The van der Waals surface area contributed by atoms with Crippen molar-refractivity contribution in [3.05, 3.63) is 96.1 Å². The van der Waals surface area contributed by atoms with Gasteiger partial charge >= 0.3 is 0 Å². The van der Waals surface area contributed by atoms with Crippen LogP contribution >= 0.6 is 0 Å². The van der Waals surface area contributed by atoms with Crippen molar-refractivity contribution in [3.63, 3.8) is 0 Å². The Labute approximate surface area is 206 Å². The highest BCUT2D eigenvalue weighted by atomic mass is 14.9. The van der Waals surface area contributed by atoms with Crippen LogP contribution in [0, 0.1) is 0 Å². The fourth-order valence-electron chi connectivity index (χ4n) is 3.93. The Kier molecular flexibility index (Phi) is 7.12. The van der Waals surface area contributed by atoms with E-state index in [0.29, 0.717) is 0 Å². The summed E-state index contributed by atoms with van der Waals surface area (Å²) in [5.41, 5.74) is 11.2. The van der Waals surface area contributed by atoms with Crippen LogP contribution < -0.4 is 10.6 Å². The molecule has 0 spiro atoms. The van der Waals surface area contributed by atoms with Gasteiger partial charge in [-0.3, -0.25) is 0 Å². The van der Waals surface area contributed by atoms with Gasteiger partial charge in [0.1, 0.15) is 0 Å². The standard InChI is InChI=1S/C32H40N2/c1-21(2)27-19-28(22(3)4)30(34-26-17-13-24(14-18-26)32(8,9)10)20-29(27)33-25-15-11-23(12-16-25)31(5,6)7/h11-20,33-34H,1,3H2,2,4-10H3. The van der Waals surface area contributed by atoms with Gasteiger partial charge in [-0.2, -0.15) is 0 Å². The Morgan fingerprint density at radius 1 is 0.559 bits per heavy atom. The molecule has 0 aromatic heterocycles. The molecule has 0 aliphatic heterocycles. The first-order valence-electron chi connectivity index (χ1n) is 12.0. The summed E-state index contributed by atoms with van der Waals surface area (Å²) in [5, 5.41) is 7.25. The van der Waals surface area contributed by atoms with Gasteiger partial charge in [0.2, 0.25) is 0 Å². The predicted molar refractivity (Wildman–Crippen MR) is 153 cm³/mol. The Morgan fingerprint density at radius 2 is 0.882 bits per heavy atom. The molecule has 2 N–H and O–H groups in total. The number of rotatable bonds is 6. The van der Waals surface area contributed by atoms with E-state index < -0.39 is 0 Å². The highest BCUT2D eigenvalue weighted by molar-refractivity contribution is 5.88. The zero-order valence-corrected chi connectivity index (χ0v) is 22.2. The van der Waals surface area contributed by atoms with E-state index in [1.165, 1.54) is 11.1 Å². The molecular formula is C32H40N2. The van der Waals surface area contributed by atoms with Crippen LogP contribution in [0.25, 0.3) is 11.1 Å². The van der Waals surface area contributed by atoms with Gasteiger partial charge < -0.3 is 10.6 Å². The molecule has 3 aromatic rings. The van der Waals surface area contributed by atoms with Gasteiger partial charge in [0.15, 0.2) is 0 Å². The molecule has 34 heavy (non-hydrogen) atoms. The van der Waals surface area contributed by atoms with Gasteiger partial charge in [0, 0.05) is 33.9 Å². The minimum absolute atomic E-state index is 0.129. The summed E-state index contributed by atoms with van der Waals surface area (Å²) in [6.45, 7) is 26.0. The second kappa shape index (κ2) is 9.54. The fourth-order valence-corrected chi connectivity index (χ4v) is 3.93. The van der Waals surface area contributed by atoms with Crippen molar-refractivity contribution < 1.29 is 0 Å². The van der Waals surface area contributed by atoms with Crippen LogP contribution in [0.3, 0.4) is 0 Å². The number of nitrogens with one attached hydrogen (secondary N) is 2. The van der Waals surface area contributed by atoms with Gasteiger partial charge in [-0.05, 0) is 83.3 Å². The first-order valence-corrected chi connectivity index (χ1v) is 12.0. The molecule has 0 aliphatic carbocycles. The van der Waals surface area contributed by atoms with Gasteiger partial charge in [-0.1, -0.05) is 79.0 Å². The van der Waals surface area contributed by atoms with E-state index in [2.05, 4.69) is 126 Å². The minimum atomic E-state index is 0.129. The van der Waals surface area contributed by atoms with Gasteiger partial charge in [0.05, 0.1) is 0 Å². The van der Waals surface area contributed by atoms with E-state index in [0.717, 1.165) is 45.0 Å². The van der Waals surface area contributed by atoms with Crippen LogP contribution in [-0.2, 0) is 10.8 Å². The average Bonchev–Trinajstić information content (AvgIpc) is 2.73. The van der Waals surface area contributed by atoms with Gasteiger partial charge in [-0.15, -0.1) is 0 Å². The molecule has 0 heterocycles. The van der Waals surface area contributed by atoms with Gasteiger partial charge in [-0.25, -0.2) is 0 Å².